The molecule has 2 aromatic rings. The number of nitrogens with two attached hydrogens (primary N) is 1. The Kier molecular flexibility index (Phi) is 2.78. The Hall–Kier alpha value is -1.89. The van der Waals surface area contributed by atoms with Crippen LogP contribution in [0.4, 0.5) is 0 Å². The monoisotopic (exact) mass is 263 g/mol. The Morgan fingerprint density at radius 2 is 1.68 bits per heavy atom. The first-order valence-electron chi connectivity index (χ1n) is 6.60. The smallest absolute Gasteiger partial charge is 0.327 e. The maximum atomic E-state index is 11.7. The Labute approximate surface area is 108 Å². The average Bonchev–Trinajstić information content (AvgIpc) is 2.66. The van der Waals surface area contributed by atoms with Crippen molar-refractivity contribution in [2.45, 2.75) is 44.1 Å². The van der Waals surface area contributed by atoms with Gasteiger partial charge >= 0.3 is 5.69 Å². The summed E-state index contributed by atoms with van der Waals surface area (Å²) >= 11 is 0. The van der Waals surface area contributed by atoms with Crippen LogP contribution in [0, 0.1) is 0 Å². The minimum absolute atomic E-state index is 0.276. The van der Waals surface area contributed by atoms with E-state index in [2.05, 4.69) is 19.9 Å². The van der Waals surface area contributed by atoms with Gasteiger partial charge in [0.25, 0.3) is 5.56 Å². The van der Waals surface area contributed by atoms with E-state index in [0.29, 0.717) is 5.82 Å². The Morgan fingerprint density at radius 3 is 2.37 bits per heavy atom. The van der Waals surface area contributed by atoms with E-state index in [4.69, 9.17) is 5.73 Å². The van der Waals surface area contributed by atoms with Gasteiger partial charge in [-0.25, -0.2) is 9.78 Å². The van der Waals surface area contributed by atoms with Crippen molar-refractivity contribution >= 4 is 11.2 Å². The van der Waals surface area contributed by atoms with Crippen molar-refractivity contribution in [1.29, 1.82) is 0 Å². The summed E-state index contributed by atoms with van der Waals surface area (Å²) < 4.78 is 0. The molecule has 7 nitrogen and oxygen atoms in total. The quantitative estimate of drug-likeness (QED) is 0.558. The molecule has 7 heteroatoms. The van der Waals surface area contributed by atoms with Crippen LogP contribution >= 0.6 is 0 Å². The van der Waals surface area contributed by atoms with Gasteiger partial charge in [-0.3, -0.25) is 14.8 Å². The second-order valence-corrected chi connectivity index (χ2v) is 5.29. The third-order valence-corrected chi connectivity index (χ3v) is 3.86. The molecule has 1 aliphatic carbocycles. The van der Waals surface area contributed by atoms with Gasteiger partial charge in [0.1, 0.15) is 11.3 Å². The predicted molar refractivity (Wildman–Crippen MR) is 70.9 cm³/mol. The highest BCUT2D eigenvalue weighted by Crippen LogP contribution is 2.32. The molecule has 1 fully saturated rings. The van der Waals surface area contributed by atoms with E-state index in [9.17, 15) is 9.59 Å². The predicted octanol–water partition coefficient (Wildman–Crippen LogP) is 0.448. The SMILES string of the molecule is NC1(c2nc3[nH]c(=O)[nH]c(=O)c3[nH]2)CCCCCC1. The molecule has 0 spiro atoms. The molecule has 1 saturated carbocycles. The van der Waals surface area contributed by atoms with Crippen molar-refractivity contribution in [2.75, 3.05) is 0 Å². The fourth-order valence-electron chi connectivity index (χ4n) is 2.76. The third-order valence-electron chi connectivity index (χ3n) is 3.86. The number of nitrogens with one attached hydrogen (secondary N) is 3. The lowest BCUT2D eigenvalue weighted by Gasteiger charge is -2.25. The Bertz CT molecular complexity index is 703. The number of imidazole rings is 1. The number of fused-ring (bicyclic) bond motifs is 1. The standard InChI is InChI=1S/C12H17N5O2/c13-12(5-3-1-2-4-6-12)10-14-7-8(15-10)16-11(19)17-9(7)18/h1-6,13H2,(H3,14,15,16,17,18,19). The zero-order valence-corrected chi connectivity index (χ0v) is 10.6. The maximum Gasteiger partial charge on any atom is 0.327 e. The molecule has 102 valence electrons. The molecule has 0 aliphatic heterocycles. The zero-order chi connectivity index (χ0) is 13.5. The van der Waals surface area contributed by atoms with E-state index < -0.39 is 16.8 Å². The highest BCUT2D eigenvalue weighted by Gasteiger charge is 2.31. The van der Waals surface area contributed by atoms with Crippen LogP contribution in [0.1, 0.15) is 44.3 Å². The number of hydrogen-bond acceptors (Lipinski definition) is 4. The summed E-state index contributed by atoms with van der Waals surface area (Å²) in [7, 11) is 0. The van der Waals surface area contributed by atoms with E-state index >= 15 is 0 Å². The molecule has 3 rings (SSSR count). The number of rotatable bonds is 1. The zero-order valence-electron chi connectivity index (χ0n) is 10.6. The summed E-state index contributed by atoms with van der Waals surface area (Å²) in [6, 6.07) is 0. The summed E-state index contributed by atoms with van der Waals surface area (Å²) in [5.74, 6) is 0.594. The van der Waals surface area contributed by atoms with Gasteiger partial charge in [-0.05, 0) is 12.8 Å². The Morgan fingerprint density at radius 1 is 1.00 bits per heavy atom. The van der Waals surface area contributed by atoms with Crippen molar-refractivity contribution < 1.29 is 0 Å². The van der Waals surface area contributed by atoms with Crippen molar-refractivity contribution in [3.63, 3.8) is 0 Å². The average molecular weight is 263 g/mol. The molecule has 2 aromatic heterocycles. The topological polar surface area (TPSA) is 120 Å². The molecule has 0 saturated heterocycles. The van der Waals surface area contributed by atoms with E-state index in [-0.39, 0.29) is 11.2 Å². The molecule has 0 unspecified atom stereocenters. The second-order valence-electron chi connectivity index (χ2n) is 5.29. The molecule has 0 aromatic carbocycles. The van der Waals surface area contributed by atoms with Crippen molar-refractivity contribution in [2.24, 2.45) is 5.73 Å². The van der Waals surface area contributed by atoms with Crippen LogP contribution in [0.25, 0.3) is 11.2 Å². The van der Waals surface area contributed by atoms with Gasteiger partial charge in [-0.2, -0.15) is 0 Å². The summed E-state index contributed by atoms with van der Waals surface area (Å²) in [6.07, 6.45) is 6.15. The lowest BCUT2D eigenvalue weighted by molar-refractivity contribution is 0.366. The van der Waals surface area contributed by atoms with E-state index in [0.717, 1.165) is 25.7 Å². The fraction of sp³-hybridized carbons (Fsp3) is 0.583. The van der Waals surface area contributed by atoms with Gasteiger partial charge < -0.3 is 10.7 Å². The summed E-state index contributed by atoms with van der Waals surface area (Å²) in [5, 5.41) is 0. The molecule has 1 aliphatic rings. The first-order valence-corrected chi connectivity index (χ1v) is 6.60. The van der Waals surface area contributed by atoms with Gasteiger partial charge in [-0.1, -0.05) is 25.7 Å². The fourth-order valence-corrected chi connectivity index (χ4v) is 2.76. The molecule has 0 bridgehead atoms. The first-order chi connectivity index (χ1) is 9.08. The van der Waals surface area contributed by atoms with Gasteiger partial charge in [0.05, 0.1) is 5.54 Å². The number of aromatic amines is 3. The van der Waals surface area contributed by atoms with Crippen LogP contribution in [0.3, 0.4) is 0 Å². The minimum atomic E-state index is -0.553. The highest BCUT2D eigenvalue weighted by molar-refractivity contribution is 5.68. The molecule has 19 heavy (non-hydrogen) atoms. The van der Waals surface area contributed by atoms with Crippen LogP contribution in [0.15, 0.2) is 9.59 Å². The van der Waals surface area contributed by atoms with Crippen LogP contribution in [0.2, 0.25) is 0 Å². The van der Waals surface area contributed by atoms with Gasteiger partial charge in [0.2, 0.25) is 0 Å². The second kappa shape index (κ2) is 4.34. The maximum absolute atomic E-state index is 11.7. The molecular weight excluding hydrogens is 246 g/mol. The Balaban J connectivity index is 2.12. The largest absolute Gasteiger partial charge is 0.335 e. The number of nitrogens with zero attached hydrogens (tertiary/aromatic N) is 1. The molecule has 0 radical (unpaired) electrons. The van der Waals surface area contributed by atoms with Crippen molar-refractivity contribution in [3.05, 3.63) is 26.7 Å². The van der Waals surface area contributed by atoms with Crippen LogP contribution < -0.4 is 17.0 Å². The number of hydrogen-bond donors (Lipinski definition) is 4. The molecule has 0 atom stereocenters. The third kappa shape index (κ3) is 2.10. The summed E-state index contributed by atoms with van der Waals surface area (Å²) in [5.41, 5.74) is 5.45. The van der Waals surface area contributed by atoms with E-state index in [1.54, 1.807) is 0 Å². The van der Waals surface area contributed by atoms with Gasteiger partial charge in [0, 0.05) is 0 Å². The molecular formula is C12H17N5O2. The van der Waals surface area contributed by atoms with Crippen LogP contribution in [0.5, 0.6) is 0 Å². The molecule has 5 N–H and O–H groups in total. The summed E-state index contributed by atoms with van der Waals surface area (Å²) in [4.78, 5) is 34.9. The van der Waals surface area contributed by atoms with Gasteiger partial charge in [-0.15, -0.1) is 0 Å². The normalized spacial score (nSPS) is 19.4. The number of H-pyrrole nitrogens is 3. The number of aromatic nitrogens is 4. The summed E-state index contributed by atoms with van der Waals surface area (Å²) in [6.45, 7) is 0. The highest BCUT2D eigenvalue weighted by atomic mass is 16.2. The van der Waals surface area contributed by atoms with Crippen molar-refractivity contribution in [3.8, 4) is 0 Å². The van der Waals surface area contributed by atoms with Crippen LogP contribution in [-0.2, 0) is 5.54 Å². The van der Waals surface area contributed by atoms with Crippen molar-refractivity contribution in [1.82, 2.24) is 19.9 Å². The lowest BCUT2D eigenvalue weighted by Crippen LogP contribution is -2.37. The molecule has 2 heterocycles. The minimum Gasteiger partial charge on any atom is -0.335 e. The first kappa shape index (κ1) is 12.2. The molecule has 0 amide bonds. The van der Waals surface area contributed by atoms with E-state index in [1.165, 1.54) is 12.8 Å². The van der Waals surface area contributed by atoms with Crippen LogP contribution in [-0.4, -0.2) is 19.9 Å². The van der Waals surface area contributed by atoms with E-state index in [1.807, 2.05) is 0 Å². The lowest BCUT2D eigenvalue weighted by atomic mass is 9.91. The van der Waals surface area contributed by atoms with Gasteiger partial charge in [0.15, 0.2) is 5.65 Å².